The van der Waals surface area contributed by atoms with Gasteiger partial charge in [0.15, 0.2) is 0 Å². The van der Waals surface area contributed by atoms with E-state index in [1.54, 1.807) is 13.2 Å². The van der Waals surface area contributed by atoms with Gasteiger partial charge in [-0.05, 0) is 18.1 Å². The second-order valence-corrected chi connectivity index (χ2v) is 4.60. The van der Waals surface area contributed by atoms with Gasteiger partial charge in [0.25, 0.3) is 0 Å². The van der Waals surface area contributed by atoms with Gasteiger partial charge < -0.3 is 20.5 Å². The molecule has 2 rings (SSSR count). The summed E-state index contributed by atoms with van der Waals surface area (Å²) in [6.07, 6.45) is 0.743. The van der Waals surface area contributed by atoms with Crippen LogP contribution in [0.3, 0.4) is 0 Å². The third-order valence-corrected chi connectivity index (χ3v) is 3.18. The van der Waals surface area contributed by atoms with E-state index >= 15 is 0 Å². The van der Waals surface area contributed by atoms with Crippen LogP contribution in [0.4, 0.5) is 21.5 Å². The second-order valence-electron chi connectivity index (χ2n) is 4.60. The van der Waals surface area contributed by atoms with Gasteiger partial charge in [-0.25, -0.2) is 4.39 Å². The first-order valence-corrected chi connectivity index (χ1v) is 6.62. The summed E-state index contributed by atoms with van der Waals surface area (Å²) in [5.41, 5.74) is 8.16. The van der Waals surface area contributed by atoms with E-state index in [4.69, 9.17) is 15.2 Å². The topological polar surface area (TPSA) is 56.5 Å². The highest BCUT2D eigenvalue weighted by molar-refractivity contribution is 5.69. The van der Waals surface area contributed by atoms with E-state index in [0.717, 1.165) is 17.7 Å². The highest BCUT2D eigenvalue weighted by atomic mass is 19.1. The number of nitrogens with one attached hydrogen (secondary N) is 1. The number of hydrogen-bond donors (Lipinski definition) is 2. The third kappa shape index (κ3) is 3.64. The van der Waals surface area contributed by atoms with Crippen molar-refractivity contribution in [2.45, 2.75) is 6.42 Å². The number of nitrogens with two attached hydrogens (primary N) is 1. The van der Waals surface area contributed by atoms with Gasteiger partial charge in [-0.15, -0.1) is 0 Å². The third-order valence-electron chi connectivity index (χ3n) is 3.18. The van der Waals surface area contributed by atoms with Gasteiger partial charge in [0, 0.05) is 24.9 Å². The van der Waals surface area contributed by atoms with Gasteiger partial charge in [-0.2, -0.15) is 0 Å². The number of hydrogen-bond acceptors (Lipinski definition) is 4. The van der Waals surface area contributed by atoms with Crippen LogP contribution < -0.4 is 15.8 Å². The first-order valence-electron chi connectivity index (χ1n) is 6.62. The van der Waals surface area contributed by atoms with E-state index in [1.165, 1.54) is 13.2 Å². The fourth-order valence-corrected chi connectivity index (χ4v) is 2.06. The molecule has 0 fully saturated rings. The van der Waals surface area contributed by atoms with Crippen molar-refractivity contribution in [3.63, 3.8) is 0 Å². The van der Waals surface area contributed by atoms with Gasteiger partial charge >= 0.3 is 0 Å². The Hall–Kier alpha value is -2.27. The molecule has 2 aromatic carbocycles. The van der Waals surface area contributed by atoms with E-state index in [2.05, 4.69) is 5.32 Å². The average Bonchev–Trinajstić information content (AvgIpc) is 2.49. The SMILES string of the molecule is COCCc1ccccc1Nc1cc(OC)c(N)cc1F. The van der Waals surface area contributed by atoms with Gasteiger partial charge in [0.1, 0.15) is 11.6 Å². The van der Waals surface area contributed by atoms with E-state index in [1.807, 2.05) is 24.3 Å². The minimum absolute atomic E-state index is 0.271. The zero-order chi connectivity index (χ0) is 15.2. The van der Waals surface area contributed by atoms with Gasteiger partial charge in [-0.1, -0.05) is 18.2 Å². The maximum absolute atomic E-state index is 14.0. The summed E-state index contributed by atoms with van der Waals surface area (Å²) in [4.78, 5) is 0. The second kappa shape index (κ2) is 6.95. The highest BCUT2D eigenvalue weighted by Crippen LogP contribution is 2.31. The molecule has 4 nitrogen and oxygen atoms in total. The van der Waals surface area contributed by atoms with Crippen LogP contribution in [-0.4, -0.2) is 20.8 Å². The number of nitrogen functional groups attached to an aromatic ring is 1. The number of methoxy groups -OCH3 is 2. The van der Waals surface area contributed by atoms with Crippen molar-refractivity contribution in [1.82, 2.24) is 0 Å². The van der Waals surface area contributed by atoms with Crippen LogP contribution in [-0.2, 0) is 11.2 Å². The molecule has 0 aliphatic heterocycles. The summed E-state index contributed by atoms with van der Waals surface area (Å²) in [5, 5.41) is 3.09. The first-order chi connectivity index (χ1) is 10.2. The van der Waals surface area contributed by atoms with Crippen molar-refractivity contribution < 1.29 is 13.9 Å². The molecule has 0 spiro atoms. The van der Waals surface area contributed by atoms with Gasteiger partial charge in [0.05, 0.1) is 25.1 Å². The maximum Gasteiger partial charge on any atom is 0.148 e. The Bertz CT molecular complexity index is 617. The van der Waals surface area contributed by atoms with Crippen molar-refractivity contribution in [1.29, 1.82) is 0 Å². The normalized spacial score (nSPS) is 10.4. The van der Waals surface area contributed by atoms with E-state index in [0.29, 0.717) is 18.0 Å². The summed E-state index contributed by atoms with van der Waals surface area (Å²) < 4.78 is 24.2. The van der Waals surface area contributed by atoms with Crippen LogP contribution in [0.15, 0.2) is 36.4 Å². The van der Waals surface area contributed by atoms with Crippen molar-refractivity contribution in [3.8, 4) is 5.75 Å². The molecule has 0 radical (unpaired) electrons. The van der Waals surface area contributed by atoms with Crippen LogP contribution in [0.1, 0.15) is 5.56 Å². The quantitative estimate of drug-likeness (QED) is 0.801. The molecule has 0 unspecified atom stereocenters. The van der Waals surface area contributed by atoms with Crippen LogP contribution in [0.5, 0.6) is 5.75 Å². The van der Waals surface area contributed by atoms with Gasteiger partial charge in [0.2, 0.25) is 0 Å². The van der Waals surface area contributed by atoms with Crippen LogP contribution in [0.25, 0.3) is 0 Å². The average molecular weight is 290 g/mol. The molecule has 3 N–H and O–H groups in total. The molecule has 0 saturated carbocycles. The van der Waals surface area contributed by atoms with Crippen LogP contribution in [0.2, 0.25) is 0 Å². The Morgan fingerprint density at radius 3 is 2.62 bits per heavy atom. The smallest absolute Gasteiger partial charge is 0.148 e. The minimum atomic E-state index is -0.421. The number of halogens is 1. The largest absolute Gasteiger partial charge is 0.495 e. The first kappa shape index (κ1) is 15.1. The summed E-state index contributed by atoms with van der Waals surface area (Å²) in [7, 11) is 3.15. The lowest BCUT2D eigenvalue weighted by Crippen LogP contribution is -2.02. The number of benzene rings is 2. The Labute approximate surface area is 123 Å². The molecule has 21 heavy (non-hydrogen) atoms. The monoisotopic (exact) mass is 290 g/mol. The van der Waals surface area contributed by atoms with Crippen molar-refractivity contribution in [2.75, 3.05) is 31.9 Å². The van der Waals surface area contributed by atoms with Crippen molar-refractivity contribution in [2.24, 2.45) is 0 Å². The molecule has 0 aliphatic carbocycles. The van der Waals surface area contributed by atoms with Crippen molar-refractivity contribution >= 4 is 17.1 Å². The molecular weight excluding hydrogens is 271 g/mol. The molecule has 0 aliphatic rings. The fourth-order valence-electron chi connectivity index (χ4n) is 2.06. The summed E-state index contributed by atoms with van der Waals surface area (Å²) in [6.45, 7) is 0.603. The standard InChI is InChI=1S/C16H19FN2O2/c1-20-8-7-11-5-3-4-6-14(11)19-15-10-16(21-2)13(18)9-12(15)17/h3-6,9-10,19H,7-8,18H2,1-2H3. The number of anilines is 3. The van der Waals surface area contributed by atoms with E-state index < -0.39 is 5.82 Å². The molecule has 2 aromatic rings. The Kier molecular flexibility index (Phi) is 5.00. The predicted octanol–water partition coefficient (Wildman–Crippen LogP) is 3.35. The molecule has 112 valence electrons. The zero-order valence-corrected chi connectivity index (χ0v) is 12.2. The predicted molar refractivity (Wildman–Crippen MR) is 82.7 cm³/mol. The lowest BCUT2D eigenvalue weighted by atomic mass is 10.1. The molecule has 0 bridgehead atoms. The summed E-state index contributed by atoms with van der Waals surface area (Å²) in [5.74, 6) is 0.0168. The van der Waals surface area contributed by atoms with E-state index in [9.17, 15) is 4.39 Å². The Morgan fingerprint density at radius 2 is 1.90 bits per heavy atom. The Balaban J connectivity index is 2.30. The molecular formula is C16H19FN2O2. The van der Waals surface area contributed by atoms with E-state index in [-0.39, 0.29) is 5.69 Å². The maximum atomic E-state index is 14.0. The summed E-state index contributed by atoms with van der Waals surface area (Å²) in [6, 6.07) is 10.5. The fraction of sp³-hybridized carbons (Fsp3) is 0.250. The lowest BCUT2D eigenvalue weighted by Gasteiger charge is -2.14. The number of ether oxygens (including phenoxy) is 2. The Morgan fingerprint density at radius 1 is 1.14 bits per heavy atom. The lowest BCUT2D eigenvalue weighted by molar-refractivity contribution is 0.202. The highest BCUT2D eigenvalue weighted by Gasteiger charge is 2.10. The molecule has 0 atom stereocenters. The number of rotatable bonds is 6. The van der Waals surface area contributed by atoms with Gasteiger partial charge in [-0.3, -0.25) is 0 Å². The minimum Gasteiger partial charge on any atom is -0.495 e. The van der Waals surface area contributed by atoms with Crippen LogP contribution >= 0.6 is 0 Å². The van der Waals surface area contributed by atoms with Crippen LogP contribution in [0, 0.1) is 5.82 Å². The molecule has 0 amide bonds. The molecule has 0 heterocycles. The number of para-hydroxylation sites is 1. The zero-order valence-electron chi connectivity index (χ0n) is 12.2. The molecule has 5 heteroatoms. The molecule has 0 saturated heterocycles. The molecule has 0 aromatic heterocycles. The van der Waals surface area contributed by atoms with Crippen molar-refractivity contribution in [3.05, 3.63) is 47.8 Å². The summed E-state index contributed by atoms with van der Waals surface area (Å²) >= 11 is 0.